The van der Waals surface area contributed by atoms with Gasteiger partial charge in [-0.15, -0.1) is 8.78 Å². The smallest absolute Gasteiger partial charge is 0.463 e. The molecule has 1 amide bonds. The van der Waals surface area contributed by atoms with E-state index in [-0.39, 0.29) is 80.4 Å². The molecule has 0 spiro atoms. The molecule has 60 heavy (non-hydrogen) atoms. The number of alkyl halides is 2. The molecule has 3 N–H and O–H groups in total. The van der Waals surface area contributed by atoms with Gasteiger partial charge in [-0.05, 0) is 94.7 Å². The number of aliphatic hydroxyl groups is 1. The van der Waals surface area contributed by atoms with Crippen LogP contribution >= 0.6 is 11.6 Å². The number of ether oxygens (including phenoxy) is 4. The van der Waals surface area contributed by atoms with Crippen LogP contribution in [0.1, 0.15) is 63.8 Å². The molecule has 1 saturated heterocycles. The minimum absolute atomic E-state index is 0.00617. The van der Waals surface area contributed by atoms with Crippen LogP contribution in [0.5, 0.6) is 17.5 Å². The average molecular weight is 873 g/mol. The number of hydrogen-bond acceptors (Lipinski definition) is 15. The SMILES string of the molecule is CC(C)(C)OC(=O)N1CCN(c2nc(Nc3cc(S(C)(=O)=O)ccc3N[C@@H](c3cccc4c3OC(F)(F)O4)c3ncccc3Cl)nc(OCC3CCC(CO)CC3)n2)CC1. The van der Waals surface area contributed by atoms with Gasteiger partial charge in [-0.2, -0.15) is 15.0 Å². The third-order valence-corrected chi connectivity index (χ3v) is 11.7. The van der Waals surface area contributed by atoms with E-state index in [1.165, 1.54) is 36.5 Å². The van der Waals surface area contributed by atoms with Crippen molar-refractivity contribution >= 4 is 50.8 Å². The first-order valence-corrected chi connectivity index (χ1v) is 21.8. The molecule has 2 aromatic heterocycles. The second kappa shape index (κ2) is 17.4. The summed E-state index contributed by atoms with van der Waals surface area (Å²) in [5, 5.41) is 16.3. The fraction of sp³-hybridized carbons (Fsp3) is 0.475. The Hall–Kier alpha value is -5.27. The van der Waals surface area contributed by atoms with Crippen molar-refractivity contribution in [2.75, 3.05) is 61.2 Å². The van der Waals surface area contributed by atoms with E-state index in [0.717, 1.165) is 31.9 Å². The number of hydrogen-bond donors (Lipinski definition) is 3. The molecule has 2 aromatic carbocycles. The number of piperazine rings is 1. The summed E-state index contributed by atoms with van der Waals surface area (Å²) >= 11 is 6.66. The number of anilines is 4. The lowest BCUT2D eigenvalue weighted by Crippen LogP contribution is -2.50. The molecule has 2 aliphatic heterocycles. The molecule has 7 rings (SSSR count). The van der Waals surface area contributed by atoms with E-state index < -0.39 is 33.9 Å². The number of aliphatic hydroxyl groups excluding tert-OH is 1. The van der Waals surface area contributed by atoms with Gasteiger partial charge in [0, 0.05) is 50.8 Å². The maximum Gasteiger partial charge on any atom is 0.586 e. The largest absolute Gasteiger partial charge is 0.586 e. The fourth-order valence-electron chi connectivity index (χ4n) is 7.18. The Morgan fingerprint density at radius 2 is 1.73 bits per heavy atom. The quantitative estimate of drug-likeness (QED) is 0.134. The van der Waals surface area contributed by atoms with Crippen LogP contribution in [0.4, 0.5) is 36.8 Å². The zero-order chi connectivity index (χ0) is 42.8. The van der Waals surface area contributed by atoms with Crippen LogP contribution in [0.3, 0.4) is 0 Å². The molecule has 1 atom stereocenters. The maximum atomic E-state index is 14.4. The molecule has 3 aliphatic rings. The van der Waals surface area contributed by atoms with E-state index in [1.807, 2.05) is 4.90 Å². The summed E-state index contributed by atoms with van der Waals surface area (Å²) in [7, 11) is -3.74. The molecule has 4 aromatic rings. The second-order valence-corrected chi connectivity index (χ2v) is 18.4. The molecule has 4 heterocycles. The summed E-state index contributed by atoms with van der Waals surface area (Å²) in [5.74, 6) is 0.314. The Bertz CT molecular complexity index is 2310. The van der Waals surface area contributed by atoms with Crippen LogP contribution in [0.15, 0.2) is 59.6 Å². The third-order valence-electron chi connectivity index (χ3n) is 10.3. The highest BCUT2D eigenvalue weighted by Crippen LogP contribution is 2.48. The molecule has 2 fully saturated rings. The molecule has 20 heteroatoms. The number of benzene rings is 2. The van der Waals surface area contributed by atoms with E-state index >= 15 is 0 Å². The third kappa shape index (κ3) is 10.4. The predicted molar refractivity (Wildman–Crippen MR) is 218 cm³/mol. The van der Waals surface area contributed by atoms with Crippen molar-refractivity contribution in [2.24, 2.45) is 11.8 Å². The van der Waals surface area contributed by atoms with Gasteiger partial charge in [0.15, 0.2) is 21.3 Å². The van der Waals surface area contributed by atoms with Crippen LogP contribution < -0.4 is 29.7 Å². The molecule has 0 radical (unpaired) electrons. The van der Waals surface area contributed by atoms with E-state index in [2.05, 4.69) is 25.6 Å². The van der Waals surface area contributed by atoms with Crippen molar-refractivity contribution in [2.45, 2.75) is 69.3 Å². The van der Waals surface area contributed by atoms with E-state index in [0.29, 0.717) is 32.8 Å². The van der Waals surface area contributed by atoms with Crippen LogP contribution in [0, 0.1) is 11.8 Å². The minimum atomic E-state index is -3.92. The minimum Gasteiger partial charge on any atom is -0.463 e. The molecule has 322 valence electrons. The Morgan fingerprint density at radius 3 is 2.42 bits per heavy atom. The zero-order valence-electron chi connectivity index (χ0n) is 33.5. The molecule has 16 nitrogen and oxygen atoms in total. The van der Waals surface area contributed by atoms with Gasteiger partial charge >= 0.3 is 18.4 Å². The second-order valence-electron chi connectivity index (χ2n) is 16.0. The first kappa shape index (κ1) is 42.8. The van der Waals surface area contributed by atoms with Gasteiger partial charge in [0.25, 0.3) is 0 Å². The number of aromatic nitrogens is 4. The van der Waals surface area contributed by atoms with Crippen molar-refractivity contribution < 1.29 is 46.0 Å². The Labute approximate surface area is 351 Å². The van der Waals surface area contributed by atoms with Gasteiger partial charge in [-0.3, -0.25) is 4.98 Å². The number of fused-ring (bicyclic) bond motifs is 1. The normalized spacial score (nSPS) is 19.4. The molecule has 1 aliphatic carbocycles. The number of rotatable bonds is 12. The number of sulfone groups is 1. The summed E-state index contributed by atoms with van der Waals surface area (Å²) < 4.78 is 76.1. The Morgan fingerprint density at radius 1 is 1.00 bits per heavy atom. The summed E-state index contributed by atoms with van der Waals surface area (Å²) in [6, 6.07) is 10.9. The zero-order valence-corrected chi connectivity index (χ0v) is 35.1. The number of pyridine rings is 1. The van der Waals surface area contributed by atoms with Crippen LogP contribution in [-0.2, 0) is 14.6 Å². The van der Waals surface area contributed by atoms with Crippen molar-refractivity contribution in [3.8, 4) is 17.5 Å². The molecular weight excluding hydrogens is 826 g/mol. The summed E-state index contributed by atoms with van der Waals surface area (Å²) in [6.45, 7) is 7.28. The molecule has 0 unspecified atom stereocenters. The molecule has 1 saturated carbocycles. The van der Waals surface area contributed by atoms with Gasteiger partial charge in [0.05, 0.1) is 39.6 Å². The van der Waals surface area contributed by atoms with E-state index in [9.17, 15) is 27.1 Å². The summed E-state index contributed by atoms with van der Waals surface area (Å²) in [4.78, 5) is 34.7. The highest BCUT2D eigenvalue weighted by Gasteiger charge is 2.45. The number of carbonyl (C=O) groups is 1. The fourth-order valence-corrected chi connectivity index (χ4v) is 8.05. The van der Waals surface area contributed by atoms with Crippen molar-refractivity contribution in [3.05, 3.63) is 71.0 Å². The predicted octanol–water partition coefficient (Wildman–Crippen LogP) is 6.82. The number of amides is 1. The molecular formula is C40H47ClF2N8O8S. The van der Waals surface area contributed by atoms with Gasteiger partial charge in [-0.1, -0.05) is 23.7 Å². The van der Waals surface area contributed by atoms with Crippen LogP contribution in [0.2, 0.25) is 5.02 Å². The first-order chi connectivity index (χ1) is 28.4. The van der Waals surface area contributed by atoms with Crippen LogP contribution in [0.25, 0.3) is 0 Å². The number of halogens is 3. The van der Waals surface area contributed by atoms with Crippen molar-refractivity contribution in [3.63, 3.8) is 0 Å². The Balaban J connectivity index is 1.24. The van der Waals surface area contributed by atoms with Crippen LogP contribution in [-0.4, -0.2) is 102 Å². The average Bonchev–Trinajstić information content (AvgIpc) is 3.53. The van der Waals surface area contributed by atoms with Crippen molar-refractivity contribution in [1.82, 2.24) is 24.8 Å². The van der Waals surface area contributed by atoms with Gasteiger partial charge in [0.1, 0.15) is 5.60 Å². The number of nitrogens with one attached hydrogen (secondary N) is 2. The monoisotopic (exact) mass is 872 g/mol. The highest BCUT2D eigenvalue weighted by molar-refractivity contribution is 7.90. The van der Waals surface area contributed by atoms with Gasteiger partial charge in [0.2, 0.25) is 11.9 Å². The lowest BCUT2D eigenvalue weighted by molar-refractivity contribution is -0.287. The standard InChI is InChI=1S/C40H47ClF2N8O8S/c1-39(2,3)59-38(53)51-19-17-50(18-20-51)36-47-35(48-37(49-36)56-23-25-12-10-24(22-52)11-13-25)46-30-21-26(60(4,54)55)14-15-29(30)45-32(33-28(41)8-6-16-44-33)27-7-5-9-31-34(27)58-40(42,43)57-31/h5-9,14-16,21,24-25,32,45,52H,10-13,17-20,22-23H2,1-4H3,(H,46,47,48,49)/t24?,25?,32-/m0/s1. The van der Waals surface area contributed by atoms with Gasteiger partial charge < -0.3 is 44.5 Å². The highest BCUT2D eigenvalue weighted by atomic mass is 35.5. The topological polar surface area (TPSA) is 190 Å². The summed E-state index contributed by atoms with van der Waals surface area (Å²) in [6.07, 6.45) is 1.72. The van der Waals surface area contributed by atoms with Crippen molar-refractivity contribution in [1.29, 1.82) is 0 Å². The number of nitrogens with zero attached hydrogens (tertiary/aromatic N) is 6. The number of para-hydroxylation sites is 1. The maximum absolute atomic E-state index is 14.4. The van der Waals surface area contributed by atoms with E-state index in [1.54, 1.807) is 43.9 Å². The lowest BCUT2D eigenvalue weighted by Gasteiger charge is -2.35. The Kier molecular flexibility index (Phi) is 12.4. The van der Waals surface area contributed by atoms with Gasteiger partial charge in [-0.25, -0.2) is 13.2 Å². The number of carbonyl (C=O) groups excluding carboxylic acids is 1. The first-order valence-electron chi connectivity index (χ1n) is 19.5. The lowest BCUT2D eigenvalue weighted by atomic mass is 9.83. The molecule has 0 bridgehead atoms. The summed E-state index contributed by atoms with van der Waals surface area (Å²) in [5.41, 5.74) is 0.274. The van der Waals surface area contributed by atoms with E-state index in [4.69, 9.17) is 35.5 Å².